The summed E-state index contributed by atoms with van der Waals surface area (Å²) in [6.07, 6.45) is -3.11. The average molecular weight is 405 g/mol. The summed E-state index contributed by atoms with van der Waals surface area (Å²) in [7, 11) is 0. The number of benzene rings is 1. The minimum absolute atomic E-state index is 0.00220. The van der Waals surface area contributed by atoms with Gasteiger partial charge in [0.15, 0.2) is 0 Å². The van der Waals surface area contributed by atoms with Gasteiger partial charge in [0.1, 0.15) is 17.3 Å². The molecular weight excluding hydrogens is 390 g/mol. The van der Waals surface area contributed by atoms with Crippen molar-refractivity contribution in [2.75, 3.05) is 0 Å². The first kappa shape index (κ1) is 20.2. The number of amides is 1. The Morgan fingerprint density at radius 2 is 1.93 bits per heavy atom. The van der Waals surface area contributed by atoms with Gasteiger partial charge in [0.05, 0.1) is 11.3 Å². The van der Waals surface area contributed by atoms with E-state index in [4.69, 9.17) is 4.74 Å². The summed E-state index contributed by atoms with van der Waals surface area (Å²) in [5.41, 5.74) is -0.582. The van der Waals surface area contributed by atoms with E-state index in [2.05, 4.69) is 15.3 Å². The molecule has 1 aromatic carbocycles. The number of carbonyl (C=O) groups excluding carboxylic acids is 1. The highest BCUT2D eigenvalue weighted by Crippen LogP contribution is 2.28. The van der Waals surface area contributed by atoms with Crippen molar-refractivity contribution in [2.24, 2.45) is 0 Å². The minimum atomic E-state index is -4.58. The maximum atomic E-state index is 13.3. The van der Waals surface area contributed by atoms with Crippen molar-refractivity contribution in [3.8, 4) is 11.6 Å². The highest BCUT2D eigenvalue weighted by atomic mass is 19.4. The second-order valence-electron chi connectivity index (χ2n) is 6.04. The van der Waals surface area contributed by atoms with E-state index in [0.717, 1.165) is 12.1 Å². The smallest absolute Gasteiger partial charge is 0.433 e. The van der Waals surface area contributed by atoms with Crippen LogP contribution >= 0.6 is 0 Å². The largest absolute Gasteiger partial charge is 0.439 e. The Balaban J connectivity index is 1.73. The van der Waals surface area contributed by atoms with E-state index in [1.54, 1.807) is 18.2 Å². The van der Waals surface area contributed by atoms with Gasteiger partial charge in [-0.15, -0.1) is 0 Å². The number of rotatable bonds is 5. The molecule has 0 aliphatic heterocycles. The number of pyridine rings is 2. The number of carbonyl (C=O) groups is 1. The first-order chi connectivity index (χ1) is 13.7. The molecule has 2 aromatic heterocycles. The van der Waals surface area contributed by atoms with E-state index in [9.17, 15) is 22.4 Å². The Morgan fingerprint density at radius 1 is 1.14 bits per heavy atom. The maximum Gasteiger partial charge on any atom is 0.433 e. The lowest BCUT2D eigenvalue weighted by Gasteiger charge is -2.12. The lowest BCUT2D eigenvalue weighted by atomic mass is 10.1. The minimum Gasteiger partial charge on any atom is -0.439 e. The zero-order valence-electron chi connectivity index (χ0n) is 15.1. The maximum absolute atomic E-state index is 13.3. The number of hydrogen-bond donors (Lipinski definition) is 1. The lowest BCUT2D eigenvalue weighted by molar-refractivity contribution is -0.141. The van der Waals surface area contributed by atoms with Gasteiger partial charge >= 0.3 is 6.18 Å². The van der Waals surface area contributed by atoms with E-state index in [1.165, 1.54) is 31.3 Å². The van der Waals surface area contributed by atoms with E-state index in [-0.39, 0.29) is 29.4 Å². The number of halogens is 4. The Kier molecular flexibility index (Phi) is 5.76. The third-order valence-corrected chi connectivity index (χ3v) is 3.92. The fourth-order valence-electron chi connectivity index (χ4n) is 2.52. The van der Waals surface area contributed by atoms with Crippen molar-refractivity contribution in [1.82, 2.24) is 15.3 Å². The van der Waals surface area contributed by atoms with Crippen molar-refractivity contribution in [2.45, 2.75) is 19.6 Å². The number of hydrogen-bond acceptors (Lipinski definition) is 4. The van der Waals surface area contributed by atoms with Crippen LogP contribution in [-0.4, -0.2) is 15.9 Å². The van der Waals surface area contributed by atoms with Crippen LogP contribution in [0.2, 0.25) is 0 Å². The van der Waals surface area contributed by atoms with Crippen molar-refractivity contribution in [3.05, 3.63) is 83.1 Å². The van der Waals surface area contributed by atoms with Gasteiger partial charge in [0.25, 0.3) is 5.91 Å². The molecule has 0 saturated carbocycles. The summed E-state index contributed by atoms with van der Waals surface area (Å²) in [6, 6.07) is 10.6. The molecular formula is C20H15F4N3O2. The molecule has 0 fully saturated rings. The monoisotopic (exact) mass is 405 g/mol. The predicted octanol–water partition coefficient (Wildman–Crippen LogP) is 4.67. The molecule has 0 aliphatic carbocycles. The second kappa shape index (κ2) is 8.26. The number of aryl methyl sites for hydroxylation is 1. The van der Waals surface area contributed by atoms with Gasteiger partial charge < -0.3 is 10.1 Å². The number of nitrogens with one attached hydrogen (secondary N) is 1. The number of nitrogens with zero attached hydrogens (tertiary/aromatic N) is 2. The average Bonchev–Trinajstić information content (AvgIpc) is 2.66. The molecule has 0 bridgehead atoms. The van der Waals surface area contributed by atoms with Crippen LogP contribution in [-0.2, 0) is 12.7 Å². The molecule has 0 unspecified atom stereocenters. The van der Waals surface area contributed by atoms with Gasteiger partial charge in [-0.2, -0.15) is 13.2 Å². The molecule has 0 aliphatic rings. The zero-order chi connectivity index (χ0) is 21.0. The van der Waals surface area contributed by atoms with Crippen molar-refractivity contribution in [1.29, 1.82) is 0 Å². The van der Waals surface area contributed by atoms with Gasteiger partial charge in [-0.25, -0.2) is 14.4 Å². The fourth-order valence-corrected chi connectivity index (χ4v) is 2.52. The Bertz CT molecular complexity index is 1040. The van der Waals surface area contributed by atoms with Crippen LogP contribution in [0.25, 0.3) is 0 Å². The third kappa shape index (κ3) is 5.07. The first-order valence-electron chi connectivity index (χ1n) is 8.44. The standard InChI is InChI=1S/C20H15F4N3O2/c1-12-16(7-8-17(27-12)20(22,23)24)18(28)26-11-13-4-3-9-25-19(13)29-15-6-2-5-14(21)10-15/h2-10H,11H2,1H3,(H,26,28). The topological polar surface area (TPSA) is 64.1 Å². The van der Waals surface area contributed by atoms with E-state index >= 15 is 0 Å². The number of alkyl halides is 3. The van der Waals surface area contributed by atoms with Crippen LogP contribution in [0, 0.1) is 12.7 Å². The molecule has 1 amide bonds. The van der Waals surface area contributed by atoms with Crippen molar-refractivity contribution < 1.29 is 27.1 Å². The molecule has 3 aromatic rings. The van der Waals surface area contributed by atoms with E-state index in [0.29, 0.717) is 5.56 Å². The summed E-state index contributed by atoms with van der Waals surface area (Å²) in [5.74, 6) is -0.664. The molecule has 150 valence electrons. The van der Waals surface area contributed by atoms with E-state index < -0.39 is 23.6 Å². The van der Waals surface area contributed by atoms with Gasteiger partial charge in [0.2, 0.25) is 5.88 Å². The Morgan fingerprint density at radius 3 is 2.62 bits per heavy atom. The van der Waals surface area contributed by atoms with Crippen LogP contribution in [0.1, 0.15) is 27.3 Å². The predicted molar refractivity (Wildman–Crippen MR) is 95.9 cm³/mol. The molecule has 5 nitrogen and oxygen atoms in total. The fraction of sp³-hybridized carbons (Fsp3) is 0.150. The normalized spacial score (nSPS) is 11.2. The second-order valence-corrected chi connectivity index (χ2v) is 6.04. The first-order valence-corrected chi connectivity index (χ1v) is 8.44. The highest BCUT2D eigenvalue weighted by molar-refractivity contribution is 5.95. The number of aromatic nitrogens is 2. The molecule has 2 heterocycles. The van der Waals surface area contributed by atoms with Gasteiger partial charge in [-0.1, -0.05) is 12.1 Å². The van der Waals surface area contributed by atoms with Gasteiger partial charge in [-0.3, -0.25) is 4.79 Å². The lowest BCUT2D eigenvalue weighted by Crippen LogP contribution is -2.25. The Hall–Kier alpha value is -3.49. The van der Waals surface area contributed by atoms with Crippen molar-refractivity contribution >= 4 is 5.91 Å². The van der Waals surface area contributed by atoms with E-state index in [1.807, 2.05) is 0 Å². The summed E-state index contributed by atoms with van der Waals surface area (Å²) in [4.78, 5) is 19.9. The quantitative estimate of drug-likeness (QED) is 0.627. The molecule has 0 spiro atoms. The molecule has 3 rings (SSSR count). The Labute approximate surface area is 163 Å². The van der Waals surface area contributed by atoms with Crippen LogP contribution in [0.15, 0.2) is 54.7 Å². The molecule has 0 radical (unpaired) electrons. The van der Waals surface area contributed by atoms with Crippen LogP contribution < -0.4 is 10.1 Å². The van der Waals surface area contributed by atoms with Crippen LogP contribution in [0.3, 0.4) is 0 Å². The molecule has 0 atom stereocenters. The summed E-state index contributed by atoms with van der Waals surface area (Å²) >= 11 is 0. The summed E-state index contributed by atoms with van der Waals surface area (Å²) in [5, 5.41) is 2.60. The van der Waals surface area contributed by atoms with Gasteiger partial charge in [0, 0.05) is 24.4 Å². The third-order valence-electron chi connectivity index (χ3n) is 3.92. The molecule has 1 N–H and O–H groups in total. The van der Waals surface area contributed by atoms with Crippen LogP contribution in [0.4, 0.5) is 17.6 Å². The summed E-state index contributed by atoms with van der Waals surface area (Å²) < 4.78 is 57.0. The van der Waals surface area contributed by atoms with Crippen molar-refractivity contribution in [3.63, 3.8) is 0 Å². The molecule has 29 heavy (non-hydrogen) atoms. The zero-order valence-corrected chi connectivity index (χ0v) is 15.1. The highest BCUT2D eigenvalue weighted by Gasteiger charge is 2.33. The molecule has 0 saturated heterocycles. The number of ether oxygens (including phenoxy) is 1. The SMILES string of the molecule is Cc1nc(C(F)(F)F)ccc1C(=O)NCc1cccnc1Oc1cccc(F)c1. The summed E-state index contributed by atoms with van der Waals surface area (Å²) in [6.45, 7) is 1.32. The molecule has 9 heteroatoms. The van der Waals surface area contributed by atoms with Gasteiger partial charge in [-0.05, 0) is 37.3 Å². The van der Waals surface area contributed by atoms with Crippen LogP contribution in [0.5, 0.6) is 11.6 Å².